The molecule has 1 amide bonds. The fraction of sp³-hybridized carbons (Fsp3) is 0.613. The number of allylic oxidation sites excluding steroid dienone is 1. The zero-order valence-electron chi connectivity index (χ0n) is 23.4. The second kappa shape index (κ2) is 12.7. The van der Waals surface area contributed by atoms with Crippen LogP contribution >= 0.6 is 0 Å². The highest BCUT2D eigenvalue weighted by molar-refractivity contribution is 5.95. The Labute approximate surface area is 231 Å². The standard InChI is InChI=1S/C31H43N3O5/c1-3-38-31-25(11-9-19-35)26(27-21-34(22(2)36)28-12-6-5-10-24(27)28)20-29(39-31)30(37)33-17-13-23(14-18-33)32-15-7-4-8-16-32/h5-6,10,12,20-21,23,25-26,31,35H,3-4,7-9,11,13-19H2,1-2H3/t25-,26+,31-/m1/s1. The van der Waals surface area contributed by atoms with Crippen LogP contribution < -0.4 is 0 Å². The SMILES string of the molecule is CCO[C@@H]1OC(C(=O)N2CCC(N3CCCCC3)CC2)=C[C@H](c2cn(C(C)=O)c3ccccc23)[C@H]1CCCO. The lowest BCUT2D eigenvalue weighted by Crippen LogP contribution is -2.49. The minimum Gasteiger partial charge on any atom is -0.459 e. The van der Waals surface area contributed by atoms with Crippen LogP contribution in [0.15, 0.2) is 42.3 Å². The molecule has 39 heavy (non-hydrogen) atoms. The summed E-state index contributed by atoms with van der Waals surface area (Å²) in [4.78, 5) is 30.9. The molecular formula is C31H43N3O5. The minimum absolute atomic E-state index is 0.0605. The second-order valence-corrected chi connectivity index (χ2v) is 11.1. The fourth-order valence-corrected chi connectivity index (χ4v) is 6.72. The number of para-hydroxylation sites is 1. The predicted molar refractivity (Wildman–Crippen MR) is 150 cm³/mol. The van der Waals surface area contributed by atoms with E-state index in [0.29, 0.717) is 31.2 Å². The highest BCUT2D eigenvalue weighted by Crippen LogP contribution is 2.43. The van der Waals surface area contributed by atoms with E-state index in [4.69, 9.17) is 9.47 Å². The number of carbonyl (C=O) groups excluding carboxylic acids is 2. The summed E-state index contributed by atoms with van der Waals surface area (Å²) in [6.07, 6.45) is 10.4. The highest BCUT2D eigenvalue weighted by atomic mass is 16.7. The highest BCUT2D eigenvalue weighted by Gasteiger charge is 2.40. The number of fused-ring (bicyclic) bond motifs is 1. The van der Waals surface area contributed by atoms with Gasteiger partial charge < -0.3 is 24.4 Å². The molecule has 2 fully saturated rings. The topological polar surface area (TPSA) is 84.2 Å². The van der Waals surface area contributed by atoms with Crippen LogP contribution in [0.5, 0.6) is 0 Å². The van der Waals surface area contributed by atoms with Crippen molar-refractivity contribution in [1.82, 2.24) is 14.4 Å². The van der Waals surface area contributed by atoms with Gasteiger partial charge in [0.15, 0.2) is 5.76 Å². The van der Waals surface area contributed by atoms with Crippen LogP contribution in [0.3, 0.4) is 0 Å². The van der Waals surface area contributed by atoms with E-state index in [1.807, 2.05) is 48.4 Å². The Kier molecular flexibility index (Phi) is 9.05. The van der Waals surface area contributed by atoms with Gasteiger partial charge in [-0.25, -0.2) is 0 Å². The van der Waals surface area contributed by atoms with Gasteiger partial charge in [0.25, 0.3) is 5.91 Å². The van der Waals surface area contributed by atoms with Crippen molar-refractivity contribution in [2.75, 3.05) is 39.4 Å². The molecule has 2 saturated heterocycles. The summed E-state index contributed by atoms with van der Waals surface area (Å²) in [5.41, 5.74) is 1.83. The number of aliphatic hydroxyl groups excluding tert-OH is 1. The first-order chi connectivity index (χ1) is 19.0. The van der Waals surface area contributed by atoms with Crippen molar-refractivity contribution in [3.63, 3.8) is 0 Å². The number of carbonyl (C=O) groups is 2. The first kappa shape index (κ1) is 27.9. The Morgan fingerprint density at radius 1 is 1.08 bits per heavy atom. The van der Waals surface area contributed by atoms with E-state index in [-0.39, 0.29) is 30.3 Å². The molecule has 5 rings (SSSR count). The van der Waals surface area contributed by atoms with Crippen LogP contribution in [-0.4, -0.2) is 83.0 Å². The summed E-state index contributed by atoms with van der Waals surface area (Å²) >= 11 is 0. The quantitative estimate of drug-likeness (QED) is 0.533. The average molecular weight is 538 g/mol. The maximum atomic E-state index is 13.8. The summed E-state index contributed by atoms with van der Waals surface area (Å²) in [6.45, 7) is 7.80. The molecule has 3 aliphatic rings. The molecule has 0 unspecified atom stereocenters. The summed E-state index contributed by atoms with van der Waals surface area (Å²) in [7, 11) is 0. The van der Waals surface area contributed by atoms with Crippen molar-refractivity contribution >= 4 is 22.7 Å². The van der Waals surface area contributed by atoms with Gasteiger partial charge in [0, 0.05) is 62.7 Å². The van der Waals surface area contributed by atoms with E-state index in [9.17, 15) is 14.7 Å². The van der Waals surface area contributed by atoms with Gasteiger partial charge in [0.1, 0.15) is 0 Å². The van der Waals surface area contributed by atoms with Crippen molar-refractivity contribution in [1.29, 1.82) is 0 Å². The smallest absolute Gasteiger partial charge is 0.288 e. The summed E-state index contributed by atoms with van der Waals surface area (Å²) < 4.78 is 14.1. The Hall–Kier alpha value is -2.68. The van der Waals surface area contributed by atoms with Crippen molar-refractivity contribution in [2.24, 2.45) is 5.92 Å². The normalized spacial score (nSPS) is 24.9. The van der Waals surface area contributed by atoms with E-state index >= 15 is 0 Å². The molecule has 1 N–H and O–H groups in total. The monoisotopic (exact) mass is 537 g/mol. The van der Waals surface area contributed by atoms with E-state index < -0.39 is 6.29 Å². The zero-order chi connectivity index (χ0) is 27.4. The summed E-state index contributed by atoms with van der Waals surface area (Å²) in [5.74, 6) is -0.121. The summed E-state index contributed by atoms with van der Waals surface area (Å²) in [6, 6.07) is 8.43. The van der Waals surface area contributed by atoms with Gasteiger partial charge in [-0.1, -0.05) is 24.6 Å². The third-order valence-corrected chi connectivity index (χ3v) is 8.72. The van der Waals surface area contributed by atoms with E-state index in [2.05, 4.69) is 4.90 Å². The van der Waals surface area contributed by atoms with Crippen molar-refractivity contribution < 1.29 is 24.2 Å². The maximum absolute atomic E-state index is 13.8. The number of amides is 1. The lowest BCUT2D eigenvalue weighted by molar-refractivity contribution is -0.170. The number of hydrogen-bond donors (Lipinski definition) is 1. The molecule has 8 nitrogen and oxygen atoms in total. The van der Waals surface area contributed by atoms with Crippen LogP contribution in [0.2, 0.25) is 0 Å². The molecule has 3 atom stereocenters. The first-order valence-electron chi connectivity index (χ1n) is 14.8. The number of benzene rings is 1. The number of ether oxygens (including phenoxy) is 2. The Morgan fingerprint density at radius 3 is 2.51 bits per heavy atom. The molecule has 8 heteroatoms. The van der Waals surface area contributed by atoms with Crippen LogP contribution in [-0.2, 0) is 14.3 Å². The Bertz CT molecular complexity index is 1180. The Balaban J connectivity index is 1.45. The third-order valence-electron chi connectivity index (χ3n) is 8.72. The molecule has 1 aromatic heterocycles. The number of hydrogen-bond acceptors (Lipinski definition) is 6. The molecule has 3 aliphatic heterocycles. The second-order valence-electron chi connectivity index (χ2n) is 11.1. The number of nitrogens with zero attached hydrogens (tertiary/aromatic N) is 3. The van der Waals surface area contributed by atoms with Crippen molar-refractivity contribution in [2.45, 2.75) is 77.0 Å². The lowest BCUT2D eigenvalue weighted by Gasteiger charge is -2.41. The number of piperidine rings is 2. The molecule has 4 heterocycles. The maximum Gasteiger partial charge on any atom is 0.288 e. The molecule has 0 spiro atoms. The van der Waals surface area contributed by atoms with Crippen LogP contribution in [0.25, 0.3) is 10.9 Å². The molecule has 2 aromatic rings. The van der Waals surface area contributed by atoms with E-state index in [1.165, 1.54) is 32.4 Å². The largest absolute Gasteiger partial charge is 0.459 e. The van der Waals surface area contributed by atoms with Crippen LogP contribution in [0.4, 0.5) is 0 Å². The zero-order valence-corrected chi connectivity index (χ0v) is 23.4. The molecule has 1 aromatic carbocycles. The third kappa shape index (κ3) is 5.93. The molecular weight excluding hydrogens is 494 g/mol. The van der Waals surface area contributed by atoms with Crippen molar-refractivity contribution in [3.8, 4) is 0 Å². The Morgan fingerprint density at radius 2 is 1.82 bits per heavy atom. The first-order valence-corrected chi connectivity index (χ1v) is 14.8. The van der Waals surface area contributed by atoms with E-state index in [0.717, 1.165) is 42.4 Å². The van der Waals surface area contributed by atoms with Gasteiger partial charge in [0.05, 0.1) is 5.52 Å². The van der Waals surface area contributed by atoms with Crippen LogP contribution in [0.1, 0.15) is 75.1 Å². The van der Waals surface area contributed by atoms with Gasteiger partial charge in [-0.3, -0.25) is 14.2 Å². The lowest BCUT2D eigenvalue weighted by atomic mass is 9.80. The molecule has 212 valence electrons. The molecule has 0 radical (unpaired) electrons. The number of likely N-dealkylation sites (tertiary alicyclic amines) is 2. The van der Waals surface area contributed by atoms with Gasteiger partial charge in [-0.15, -0.1) is 0 Å². The summed E-state index contributed by atoms with van der Waals surface area (Å²) in [5, 5.41) is 10.6. The number of aliphatic hydroxyl groups is 1. The molecule has 0 saturated carbocycles. The minimum atomic E-state index is -0.610. The number of aromatic nitrogens is 1. The molecule has 0 bridgehead atoms. The van der Waals surface area contributed by atoms with Gasteiger partial charge in [-0.2, -0.15) is 0 Å². The van der Waals surface area contributed by atoms with Gasteiger partial charge >= 0.3 is 0 Å². The average Bonchev–Trinajstić information content (AvgIpc) is 3.36. The van der Waals surface area contributed by atoms with E-state index in [1.54, 1.807) is 11.5 Å². The number of rotatable bonds is 8. The van der Waals surface area contributed by atoms with Crippen LogP contribution in [0, 0.1) is 5.92 Å². The predicted octanol–water partition coefficient (Wildman–Crippen LogP) is 4.53. The molecule has 0 aliphatic carbocycles. The fourth-order valence-electron chi connectivity index (χ4n) is 6.72. The van der Waals surface area contributed by atoms with Crippen molar-refractivity contribution in [3.05, 3.63) is 47.9 Å². The van der Waals surface area contributed by atoms with Gasteiger partial charge in [-0.05, 0) is 76.2 Å². The van der Waals surface area contributed by atoms with Gasteiger partial charge in [0.2, 0.25) is 12.2 Å².